The standard InChI is InChI=1S/C55H66N8O7/c1-4-62-46-8-6-5-7-44(46)45-35-39(13-22-47(45)62)54-57-50(37-9-14-40(15-10-37)60-27-23-58(2)24-28-60)51(38-11-16-41(17-12-38)61-29-25-59(3)26-30-61)63(54)42-18-20-43(21-19-42)68-33-31-67-32-34-69-55-49(56)53(66)52(65)48(36-64)70-55/h5-22,35,48-49,52-53,55,64-66H,4,23-34,36,56H2,1-3H3/t48-,49-,52-,53-,55-/m1/s1. The quantitative estimate of drug-likeness (QED) is 0.0878. The molecule has 0 bridgehead atoms. The predicted octanol–water partition coefficient (Wildman–Crippen LogP) is 5.68. The van der Waals surface area contributed by atoms with Crippen LogP contribution in [0.2, 0.25) is 0 Å². The van der Waals surface area contributed by atoms with E-state index in [4.69, 9.17) is 29.7 Å². The van der Waals surface area contributed by atoms with E-state index in [1.165, 1.54) is 33.2 Å². The second-order valence-corrected chi connectivity index (χ2v) is 18.7. The monoisotopic (exact) mass is 951 g/mol. The highest BCUT2D eigenvalue weighted by Gasteiger charge is 2.43. The van der Waals surface area contributed by atoms with Crippen LogP contribution in [0.3, 0.4) is 0 Å². The third kappa shape index (κ3) is 9.78. The van der Waals surface area contributed by atoms with Gasteiger partial charge >= 0.3 is 0 Å². The van der Waals surface area contributed by atoms with Gasteiger partial charge in [0.2, 0.25) is 0 Å². The Morgan fingerprint density at radius 3 is 1.87 bits per heavy atom. The summed E-state index contributed by atoms with van der Waals surface area (Å²) in [6, 6.07) is 40.6. The van der Waals surface area contributed by atoms with Gasteiger partial charge in [-0.3, -0.25) is 4.57 Å². The number of piperazine rings is 2. The Bertz CT molecular complexity index is 2830. The van der Waals surface area contributed by atoms with Gasteiger partial charge in [-0.2, -0.15) is 0 Å². The fourth-order valence-electron chi connectivity index (χ4n) is 10.1. The molecule has 5 aromatic carbocycles. The molecule has 2 aromatic heterocycles. The number of nitrogens with two attached hydrogens (primary N) is 1. The van der Waals surface area contributed by atoms with E-state index < -0.39 is 37.3 Å². The SMILES string of the molecule is CCn1c2ccccc2c2cc(-c3nc(-c4ccc(N5CCN(C)CC5)cc4)c(-c4ccc(N5CCN(C)CC5)cc4)n3-c3ccc(OCCOCCO[C@@H]4O[C@H](CO)[C@@H](O)[C@H](O)[C@H]4N)cc3)ccc21. The first-order valence-corrected chi connectivity index (χ1v) is 24.7. The van der Waals surface area contributed by atoms with Crippen molar-refractivity contribution in [1.82, 2.24) is 23.9 Å². The van der Waals surface area contributed by atoms with E-state index in [2.05, 4.69) is 153 Å². The highest BCUT2D eigenvalue weighted by molar-refractivity contribution is 6.09. The molecule has 3 fully saturated rings. The molecule has 0 saturated carbocycles. The van der Waals surface area contributed by atoms with Crippen LogP contribution in [0, 0.1) is 0 Å². The first kappa shape index (κ1) is 47.8. The Balaban J connectivity index is 0.972. The average molecular weight is 951 g/mol. The van der Waals surface area contributed by atoms with E-state index in [0.29, 0.717) is 19.0 Å². The molecule has 5 atom stereocenters. The number of nitrogens with zero attached hydrogens (tertiary/aromatic N) is 7. The number of aliphatic hydroxyl groups excluding tert-OH is 3. The third-order valence-electron chi connectivity index (χ3n) is 14.3. The number of fused-ring (bicyclic) bond motifs is 3. The van der Waals surface area contributed by atoms with Crippen LogP contribution in [0.15, 0.2) is 115 Å². The molecule has 0 spiro atoms. The first-order chi connectivity index (χ1) is 34.2. The summed E-state index contributed by atoms with van der Waals surface area (Å²) >= 11 is 0. The van der Waals surface area contributed by atoms with Crippen molar-refractivity contribution >= 4 is 33.2 Å². The Kier molecular flexibility index (Phi) is 14.5. The first-order valence-electron chi connectivity index (χ1n) is 24.7. The van der Waals surface area contributed by atoms with Crippen molar-refractivity contribution in [1.29, 1.82) is 0 Å². The lowest BCUT2D eigenvalue weighted by Gasteiger charge is -2.40. The van der Waals surface area contributed by atoms with E-state index in [1.807, 2.05) is 12.1 Å². The number of benzene rings is 5. The molecular formula is C55H66N8O7. The van der Waals surface area contributed by atoms with Crippen molar-refractivity contribution in [3.63, 3.8) is 0 Å². The highest BCUT2D eigenvalue weighted by atomic mass is 16.7. The maximum Gasteiger partial charge on any atom is 0.175 e. The van der Waals surface area contributed by atoms with Crippen LogP contribution < -0.4 is 20.3 Å². The Hall–Kier alpha value is -5.85. The molecule has 70 heavy (non-hydrogen) atoms. The number of hydrogen-bond donors (Lipinski definition) is 4. The van der Waals surface area contributed by atoms with E-state index in [-0.39, 0.29) is 13.2 Å². The Labute approximate surface area is 409 Å². The highest BCUT2D eigenvalue weighted by Crippen LogP contribution is 2.42. The molecule has 3 saturated heterocycles. The van der Waals surface area contributed by atoms with Gasteiger partial charge < -0.3 is 64.2 Å². The van der Waals surface area contributed by atoms with Crippen LogP contribution >= 0.6 is 0 Å². The zero-order valence-electron chi connectivity index (χ0n) is 40.4. The van der Waals surface area contributed by atoms with Gasteiger partial charge in [0.15, 0.2) is 6.29 Å². The van der Waals surface area contributed by atoms with Crippen molar-refractivity contribution in [2.45, 2.75) is 44.1 Å². The second kappa shape index (κ2) is 21.2. The molecule has 0 radical (unpaired) electrons. The molecular weight excluding hydrogens is 885 g/mol. The average Bonchev–Trinajstić information content (AvgIpc) is 3.95. The molecule has 5 heterocycles. The van der Waals surface area contributed by atoms with E-state index in [1.54, 1.807) is 0 Å². The number of hydrogen-bond acceptors (Lipinski definition) is 13. The fourth-order valence-corrected chi connectivity index (χ4v) is 10.1. The predicted molar refractivity (Wildman–Crippen MR) is 276 cm³/mol. The molecule has 0 unspecified atom stereocenters. The van der Waals surface area contributed by atoms with Crippen molar-refractivity contribution in [2.75, 3.05) is 109 Å². The van der Waals surface area contributed by atoms with Gasteiger partial charge in [0, 0.05) is 114 Å². The maximum absolute atomic E-state index is 10.2. The summed E-state index contributed by atoms with van der Waals surface area (Å²) in [5, 5.41) is 32.2. The van der Waals surface area contributed by atoms with Gasteiger partial charge in [-0.15, -0.1) is 0 Å². The summed E-state index contributed by atoms with van der Waals surface area (Å²) in [5.41, 5.74) is 16.8. The molecule has 0 aliphatic carbocycles. The Morgan fingerprint density at radius 1 is 0.643 bits per heavy atom. The minimum atomic E-state index is -1.29. The number of para-hydroxylation sites is 1. The molecule has 3 aliphatic rings. The molecule has 5 N–H and O–H groups in total. The van der Waals surface area contributed by atoms with E-state index >= 15 is 0 Å². The van der Waals surface area contributed by atoms with Crippen LogP contribution in [0.1, 0.15) is 6.92 Å². The van der Waals surface area contributed by atoms with Crippen LogP contribution in [-0.2, 0) is 20.8 Å². The number of ether oxygens (including phenoxy) is 4. The minimum Gasteiger partial charge on any atom is -0.491 e. The zero-order valence-corrected chi connectivity index (χ0v) is 40.4. The number of aromatic nitrogens is 3. The van der Waals surface area contributed by atoms with Crippen molar-refractivity contribution < 1.29 is 34.3 Å². The number of aryl methyl sites for hydroxylation is 1. The maximum atomic E-state index is 10.2. The van der Waals surface area contributed by atoms with Gasteiger partial charge in [0.25, 0.3) is 0 Å². The summed E-state index contributed by atoms with van der Waals surface area (Å²) in [6.07, 6.45) is -4.54. The van der Waals surface area contributed by atoms with E-state index in [9.17, 15) is 15.3 Å². The van der Waals surface area contributed by atoms with Crippen molar-refractivity contribution in [3.05, 3.63) is 115 Å². The van der Waals surface area contributed by atoms with Crippen LogP contribution in [0.25, 0.3) is 61.4 Å². The fraction of sp³-hybridized carbons (Fsp3) is 0.400. The molecule has 15 nitrogen and oxygen atoms in total. The smallest absolute Gasteiger partial charge is 0.175 e. The van der Waals surface area contributed by atoms with Gasteiger partial charge in [0.05, 0.1) is 43.9 Å². The lowest BCUT2D eigenvalue weighted by Crippen LogP contribution is -2.62. The topological polar surface area (TPSA) is 159 Å². The van der Waals surface area contributed by atoms with Crippen molar-refractivity contribution in [3.8, 4) is 45.3 Å². The van der Waals surface area contributed by atoms with Gasteiger partial charge in [-0.1, -0.05) is 42.5 Å². The molecule has 368 valence electrons. The van der Waals surface area contributed by atoms with Crippen LogP contribution in [-0.4, -0.2) is 169 Å². The molecule has 10 rings (SSSR count). The van der Waals surface area contributed by atoms with Gasteiger partial charge in [-0.25, -0.2) is 4.98 Å². The number of anilines is 2. The molecule has 3 aliphatic heterocycles. The number of rotatable bonds is 16. The summed E-state index contributed by atoms with van der Waals surface area (Å²) in [4.78, 5) is 15.4. The number of aliphatic hydroxyl groups is 3. The second-order valence-electron chi connectivity index (χ2n) is 18.7. The van der Waals surface area contributed by atoms with Crippen molar-refractivity contribution in [2.24, 2.45) is 5.73 Å². The lowest BCUT2D eigenvalue weighted by molar-refractivity contribution is -0.267. The lowest BCUT2D eigenvalue weighted by atomic mass is 9.98. The van der Waals surface area contributed by atoms with Crippen LogP contribution in [0.5, 0.6) is 5.75 Å². The Morgan fingerprint density at radius 2 is 1.23 bits per heavy atom. The zero-order chi connectivity index (χ0) is 48.3. The summed E-state index contributed by atoms with van der Waals surface area (Å²) < 4.78 is 27.9. The normalized spacial score (nSPS) is 21.6. The van der Waals surface area contributed by atoms with Gasteiger partial charge in [0.1, 0.15) is 36.5 Å². The molecule has 7 aromatic rings. The minimum absolute atomic E-state index is 0.137. The third-order valence-corrected chi connectivity index (χ3v) is 14.3. The van der Waals surface area contributed by atoms with Crippen LogP contribution in [0.4, 0.5) is 11.4 Å². The summed E-state index contributed by atoms with van der Waals surface area (Å²) in [6.45, 7) is 11.7. The largest absolute Gasteiger partial charge is 0.491 e. The number of imidazole rings is 1. The van der Waals surface area contributed by atoms with E-state index in [0.717, 1.165) is 98.5 Å². The number of likely N-dealkylation sites (N-methyl/N-ethyl adjacent to an activating group) is 2. The molecule has 0 amide bonds. The van der Waals surface area contributed by atoms with Gasteiger partial charge in [-0.05, 0) is 93.8 Å². The summed E-state index contributed by atoms with van der Waals surface area (Å²) in [5.74, 6) is 1.54. The molecule has 15 heteroatoms. The summed E-state index contributed by atoms with van der Waals surface area (Å²) in [7, 11) is 4.38.